The molecule has 1 saturated heterocycles. The first-order valence-corrected chi connectivity index (χ1v) is 6.35. The number of carbonyl (C=O) groups is 1. The molecule has 5 nitrogen and oxygen atoms in total. The standard InChI is InChI=1S/C14H20N2O3/c1-15(2)11-6-7-16(9-11)14(18)10-4-5-13(19-3)12(17)8-10/h4-5,8,11,17H,6-7,9H2,1-3H3. The first kappa shape index (κ1) is 13.7. The maximum atomic E-state index is 12.3. The molecular weight excluding hydrogens is 244 g/mol. The van der Waals surface area contributed by atoms with Crippen molar-refractivity contribution in [3.63, 3.8) is 0 Å². The summed E-state index contributed by atoms with van der Waals surface area (Å²) in [6.07, 6.45) is 0.987. The van der Waals surface area contributed by atoms with E-state index in [0.29, 0.717) is 17.4 Å². The Labute approximate surface area is 113 Å². The molecule has 0 aromatic heterocycles. The first-order valence-electron chi connectivity index (χ1n) is 6.35. The summed E-state index contributed by atoms with van der Waals surface area (Å²) in [5, 5.41) is 9.72. The molecule has 1 amide bonds. The molecule has 0 radical (unpaired) electrons. The van der Waals surface area contributed by atoms with Gasteiger partial charge in [0.1, 0.15) is 0 Å². The summed E-state index contributed by atoms with van der Waals surface area (Å²) < 4.78 is 4.97. The van der Waals surface area contributed by atoms with Crippen LogP contribution in [0.1, 0.15) is 16.8 Å². The summed E-state index contributed by atoms with van der Waals surface area (Å²) in [5.41, 5.74) is 0.498. The molecule has 1 aliphatic rings. The number of amides is 1. The van der Waals surface area contributed by atoms with E-state index in [1.54, 1.807) is 12.1 Å². The van der Waals surface area contributed by atoms with Crippen LogP contribution in [0.15, 0.2) is 18.2 Å². The SMILES string of the molecule is COc1ccc(C(=O)N2CCC(N(C)C)C2)cc1O. The Morgan fingerprint density at radius 3 is 2.74 bits per heavy atom. The third-order valence-electron chi connectivity index (χ3n) is 3.61. The van der Waals surface area contributed by atoms with Crippen molar-refractivity contribution in [2.75, 3.05) is 34.3 Å². The molecule has 1 heterocycles. The highest BCUT2D eigenvalue weighted by molar-refractivity contribution is 5.95. The van der Waals surface area contributed by atoms with E-state index in [9.17, 15) is 9.90 Å². The fourth-order valence-electron chi connectivity index (χ4n) is 2.35. The van der Waals surface area contributed by atoms with Crippen molar-refractivity contribution < 1.29 is 14.6 Å². The number of likely N-dealkylation sites (tertiary alicyclic amines) is 1. The Morgan fingerprint density at radius 1 is 1.47 bits per heavy atom. The molecular formula is C14H20N2O3. The number of hydrogen-bond acceptors (Lipinski definition) is 4. The van der Waals surface area contributed by atoms with Gasteiger partial charge < -0.3 is 19.6 Å². The van der Waals surface area contributed by atoms with E-state index in [1.165, 1.54) is 13.2 Å². The van der Waals surface area contributed by atoms with Gasteiger partial charge in [0.25, 0.3) is 5.91 Å². The Hall–Kier alpha value is -1.75. The summed E-state index contributed by atoms with van der Waals surface area (Å²) in [5.74, 6) is 0.336. The van der Waals surface area contributed by atoms with Crippen LogP contribution >= 0.6 is 0 Å². The predicted molar refractivity (Wildman–Crippen MR) is 72.7 cm³/mol. The maximum absolute atomic E-state index is 12.3. The van der Waals surface area contributed by atoms with Crippen LogP contribution in [0.4, 0.5) is 0 Å². The number of hydrogen-bond donors (Lipinski definition) is 1. The molecule has 1 N–H and O–H groups in total. The van der Waals surface area contributed by atoms with Crippen LogP contribution in [0.3, 0.4) is 0 Å². The number of phenols is 1. The minimum atomic E-state index is -0.0395. The monoisotopic (exact) mass is 264 g/mol. The van der Waals surface area contributed by atoms with Gasteiger partial charge in [-0.05, 0) is 38.7 Å². The summed E-state index contributed by atoms with van der Waals surface area (Å²) in [4.78, 5) is 16.3. The van der Waals surface area contributed by atoms with Crippen molar-refractivity contribution in [2.45, 2.75) is 12.5 Å². The van der Waals surface area contributed by atoms with Crippen LogP contribution in [0.2, 0.25) is 0 Å². The van der Waals surface area contributed by atoms with E-state index >= 15 is 0 Å². The number of benzene rings is 1. The molecule has 1 aromatic carbocycles. The summed E-state index contributed by atoms with van der Waals surface area (Å²) in [6.45, 7) is 1.49. The van der Waals surface area contributed by atoms with Gasteiger partial charge >= 0.3 is 0 Å². The summed E-state index contributed by atoms with van der Waals surface area (Å²) in [6, 6.07) is 5.17. The molecule has 0 spiro atoms. The highest BCUT2D eigenvalue weighted by atomic mass is 16.5. The van der Waals surface area contributed by atoms with Gasteiger partial charge in [-0.3, -0.25) is 4.79 Å². The van der Waals surface area contributed by atoms with Gasteiger partial charge in [0.05, 0.1) is 7.11 Å². The van der Waals surface area contributed by atoms with Crippen LogP contribution < -0.4 is 4.74 Å². The van der Waals surface area contributed by atoms with E-state index in [4.69, 9.17) is 4.74 Å². The lowest BCUT2D eigenvalue weighted by Gasteiger charge is -2.20. The van der Waals surface area contributed by atoms with Crippen molar-refractivity contribution in [3.8, 4) is 11.5 Å². The molecule has 0 aliphatic carbocycles. The molecule has 2 rings (SSSR count). The van der Waals surface area contributed by atoms with Gasteiger partial charge in [0.2, 0.25) is 0 Å². The van der Waals surface area contributed by atoms with E-state index < -0.39 is 0 Å². The minimum absolute atomic E-state index is 0.00305. The van der Waals surface area contributed by atoms with Gasteiger partial charge in [-0.15, -0.1) is 0 Å². The molecule has 1 unspecified atom stereocenters. The lowest BCUT2D eigenvalue weighted by molar-refractivity contribution is 0.0782. The Balaban J connectivity index is 2.10. The normalized spacial score (nSPS) is 18.9. The highest BCUT2D eigenvalue weighted by Crippen LogP contribution is 2.27. The van der Waals surface area contributed by atoms with E-state index in [2.05, 4.69) is 4.90 Å². The quantitative estimate of drug-likeness (QED) is 0.890. The number of carbonyl (C=O) groups excluding carboxylic acids is 1. The molecule has 0 saturated carbocycles. The van der Waals surface area contributed by atoms with Crippen LogP contribution in [-0.4, -0.2) is 61.2 Å². The zero-order valence-electron chi connectivity index (χ0n) is 11.6. The number of likely N-dealkylation sites (N-methyl/N-ethyl adjacent to an activating group) is 1. The summed E-state index contributed by atoms with van der Waals surface area (Å²) in [7, 11) is 5.54. The minimum Gasteiger partial charge on any atom is -0.504 e. The summed E-state index contributed by atoms with van der Waals surface area (Å²) >= 11 is 0. The van der Waals surface area contributed by atoms with Crippen molar-refractivity contribution in [1.82, 2.24) is 9.80 Å². The number of rotatable bonds is 3. The zero-order chi connectivity index (χ0) is 14.0. The first-order chi connectivity index (χ1) is 9.02. The van der Waals surface area contributed by atoms with Gasteiger partial charge in [-0.25, -0.2) is 0 Å². The second kappa shape index (κ2) is 5.48. The Bertz CT molecular complexity index is 474. The Morgan fingerprint density at radius 2 is 2.21 bits per heavy atom. The molecule has 1 aliphatic heterocycles. The third-order valence-corrected chi connectivity index (χ3v) is 3.61. The van der Waals surface area contributed by atoms with Crippen molar-refractivity contribution >= 4 is 5.91 Å². The molecule has 19 heavy (non-hydrogen) atoms. The fraction of sp³-hybridized carbons (Fsp3) is 0.500. The number of methoxy groups -OCH3 is 1. The van der Waals surface area contributed by atoms with E-state index in [0.717, 1.165) is 19.5 Å². The van der Waals surface area contributed by atoms with E-state index in [-0.39, 0.29) is 11.7 Å². The second-order valence-corrected chi connectivity index (χ2v) is 5.04. The third kappa shape index (κ3) is 2.81. The number of nitrogens with zero attached hydrogens (tertiary/aromatic N) is 2. The molecule has 0 bridgehead atoms. The predicted octanol–water partition coefficient (Wildman–Crippen LogP) is 1.18. The van der Waals surface area contributed by atoms with Crippen LogP contribution in [0, 0.1) is 0 Å². The van der Waals surface area contributed by atoms with Crippen LogP contribution in [-0.2, 0) is 0 Å². The van der Waals surface area contributed by atoms with E-state index in [1.807, 2.05) is 19.0 Å². The average Bonchev–Trinajstić information content (AvgIpc) is 2.87. The molecule has 104 valence electrons. The Kier molecular flexibility index (Phi) is 3.95. The topological polar surface area (TPSA) is 53.0 Å². The average molecular weight is 264 g/mol. The largest absolute Gasteiger partial charge is 0.504 e. The molecule has 1 fully saturated rings. The molecule has 1 atom stereocenters. The van der Waals surface area contributed by atoms with Crippen LogP contribution in [0.25, 0.3) is 0 Å². The zero-order valence-corrected chi connectivity index (χ0v) is 11.6. The number of phenolic OH excluding ortho intramolecular Hbond substituents is 1. The molecule has 5 heteroatoms. The van der Waals surface area contributed by atoms with Crippen molar-refractivity contribution in [1.29, 1.82) is 0 Å². The number of ether oxygens (including phenoxy) is 1. The maximum Gasteiger partial charge on any atom is 0.254 e. The van der Waals surface area contributed by atoms with Crippen LogP contribution in [0.5, 0.6) is 11.5 Å². The smallest absolute Gasteiger partial charge is 0.254 e. The number of aromatic hydroxyl groups is 1. The van der Waals surface area contributed by atoms with Gasteiger partial charge in [-0.2, -0.15) is 0 Å². The van der Waals surface area contributed by atoms with Crippen molar-refractivity contribution in [2.24, 2.45) is 0 Å². The fourth-order valence-corrected chi connectivity index (χ4v) is 2.35. The highest BCUT2D eigenvalue weighted by Gasteiger charge is 2.28. The van der Waals surface area contributed by atoms with Gasteiger partial charge in [0, 0.05) is 24.7 Å². The second-order valence-electron chi connectivity index (χ2n) is 5.04. The van der Waals surface area contributed by atoms with Crippen molar-refractivity contribution in [3.05, 3.63) is 23.8 Å². The molecule has 1 aromatic rings. The van der Waals surface area contributed by atoms with Gasteiger partial charge in [-0.1, -0.05) is 0 Å². The lowest BCUT2D eigenvalue weighted by Crippen LogP contribution is -2.34. The van der Waals surface area contributed by atoms with Gasteiger partial charge in [0.15, 0.2) is 11.5 Å². The lowest BCUT2D eigenvalue weighted by atomic mass is 10.2.